The van der Waals surface area contributed by atoms with Crippen LogP contribution in [0.2, 0.25) is 0 Å². The van der Waals surface area contributed by atoms with Crippen molar-refractivity contribution in [2.75, 3.05) is 5.32 Å². The van der Waals surface area contributed by atoms with Gasteiger partial charge in [-0.2, -0.15) is 0 Å². The summed E-state index contributed by atoms with van der Waals surface area (Å²) in [7, 11) is 0. The molecule has 0 aromatic heterocycles. The molecule has 22 heavy (non-hydrogen) atoms. The molecule has 1 aliphatic carbocycles. The molecule has 6 nitrogen and oxygen atoms in total. The Morgan fingerprint density at radius 3 is 2.50 bits per heavy atom. The van der Waals surface area contributed by atoms with Crippen molar-refractivity contribution < 1.29 is 23.9 Å². The van der Waals surface area contributed by atoms with E-state index in [0.29, 0.717) is 0 Å². The lowest BCUT2D eigenvalue weighted by molar-refractivity contribution is -0.141. The Morgan fingerprint density at radius 1 is 1.36 bits per heavy atom. The number of carbonyl (C=O) groups excluding carboxylic acids is 2. The normalized spacial score (nSPS) is 15.0. The van der Waals surface area contributed by atoms with Crippen LogP contribution in [0, 0.1) is 5.82 Å². The maximum Gasteiger partial charge on any atom is 0.326 e. The molecule has 1 aliphatic rings. The van der Waals surface area contributed by atoms with Gasteiger partial charge in [0.2, 0.25) is 5.91 Å². The maximum atomic E-state index is 13.6. The molecule has 0 saturated heterocycles. The van der Waals surface area contributed by atoms with Crippen LogP contribution in [0.1, 0.15) is 37.0 Å². The molecule has 1 unspecified atom stereocenters. The summed E-state index contributed by atoms with van der Waals surface area (Å²) in [4.78, 5) is 36.1. The van der Waals surface area contributed by atoms with Crippen LogP contribution >= 0.6 is 0 Å². The molecule has 0 heterocycles. The Hall–Kier alpha value is -2.44. The summed E-state index contributed by atoms with van der Waals surface area (Å²) in [6, 6.07) is 2.52. The first-order chi connectivity index (χ1) is 10.3. The first kappa shape index (κ1) is 15.9. The largest absolute Gasteiger partial charge is 0.480 e. The van der Waals surface area contributed by atoms with Gasteiger partial charge in [-0.25, -0.2) is 9.18 Å². The van der Waals surface area contributed by atoms with E-state index in [1.54, 1.807) is 0 Å². The monoisotopic (exact) mass is 308 g/mol. The molecule has 1 saturated carbocycles. The highest BCUT2D eigenvalue weighted by Gasteiger charge is 2.38. The highest BCUT2D eigenvalue weighted by atomic mass is 19.1. The van der Waals surface area contributed by atoms with Crippen molar-refractivity contribution in [3.63, 3.8) is 0 Å². The van der Waals surface area contributed by atoms with Crippen molar-refractivity contribution in [3.8, 4) is 0 Å². The number of rotatable bonds is 5. The zero-order valence-corrected chi connectivity index (χ0v) is 12.3. The predicted molar refractivity (Wildman–Crippen MR) is 77.0 cm³/mol. The van der Waals surface area contributed by atoms with E-state index >= 15 is 0 Å². The van der Waals surface area contributed by atoms with Crippen LogP contribution in [0.25, 0.3) is 0 Å². The Labute approximate surface area is 126 Å². The minimum absolute atomic E-state index is 0.0999. The number of carboxylic acids is 1. The molecule has 0 radical (unpaired) electrons. The molecule has 2 amide bonds. The predicted octanol–water partition coefficient (Wildman–Crippen LogP) is 1.86. The molecule has 1 aromatic rings. The van der Waals surface area contributed by atoms with Gasteiger partial charge in [0, 0.05) is 18.5 Å². The van der Waals surface area contributed by atoms with Gasteiger partial charge in [-0.3, -0.25) is 9.59 Å². The number of amides is 2. The van der Waals surface area contributed by atoms with Crippen molar-refractivity contribution in [1.29, 1.82) is 0 Å². The molecule has 1 atom stereocenters. The molecular weight excluding hydrogens is 291 g/mol. The average Bonchev–Trinajstić information content (AvgIpc) is 3.25. The van der Waals surface area contributed by atoms with E-state index < -0.39 is 29.6 Å². The van der Waals surface area contributed by atoms with Crippen molar-refractivity contribution >= 4 is 23.5 Å². The maximum absolute atomic E-state index is 13.6. The van der Waals surface area contributed by atoms with Gasteiger partial charge in [-0.05, 0) is 38.0 Å². The molecule has 1 fully saturated rings. The summed E-state index contributed by atoms with van der Waals surface area (Å²) in [6.07, 6.45) is 1.51. The highest BCUT2D eigenvalue weighted by molar-refractivity contribution is 5.99. The summed E-state index contributed by atoms with van der Waals surface area (Å²) >= 11 is 0. The fourth-order valence-electron chi connectivity index (χ4n) is 2.22. The van der Waals surface area contributed by atoms with Gasteiger partial charge in [0.25, 0.3) is 5.91 Å². The van der Waals surface area contributed by atoms with Crippen molar-refractivity contribution in [2.45, 2.75) is 38.8 Å². The summed E-state index contributed by atoms with van der Waals surface area (Å²) in [5, 5.41) is 11.4. The van der Waals surface area contributed by atoms with E-state index in [2.05, 4.69) is 5.32 Å². The van der Waals surface area contributed by atoms with E-state index in [1.807, 2.05) is 0 Å². The third-order valence-corrected chi connectivity index (χ3v) is 3.47. The first-order valence-corrected chi connectivity index (χ1v) is 6.94. The Morgan fingerprint density at radius 2 is 2.00 bits per heavy atom. The summed E-state index contributed by atoms with van der Waals surface area (Å²) in [6.45, 7) is 2.67. The Bertz CT molecular complexity index is 628. The lowest BCUT2D eigenvalue weighted by Gasteiger charge is -2.26. The van der Waals surface area contributed by atoms with E-state index in [9.17, 15) is 18.8 Å². The third-order valence-electron chi connectivity index (χ3n) is 3.47. The smallest absolute Gasteiger partial charge is 0.326 e. The zero-order valence-electron chi connectivity index (χ0n) is 12.3. The van der Waals surface area contributed by atoms with E-state index in [1.165, 1.54) is 30.9 Å². The van der Waals surface area contributed by atoms with Gasteiger partial charge in [-0.15, -0.1) is 0 Å². The number of benzene rings is 1. The number of carboxylic acid groups (broad SMARTS) is 1. The van der Waals surface area contributed by atoms with Gasteiger partial charge < -0.3 is 15.3 Å². The molecule has 0 spiro atoms. The first-order valence-electron chi connectivity index (χ1n) is 6.94. The van der Waals surface area contributed by atoms with Crippen molar-refractivity contribution in [2.24, 2.45) is 0 Å². The number of anilines is 1. The molecule has 118 valence electrons. The minimum Gasteiger partial charge on any atom is -0.480 e. The number of hydrogen-bond donors (Lipinski definition) is 2. The van der Waals surface area contributed by atoms with E-state index in [-0.39, 0.29) is 17.3 Å². The van der Waals surface area contributed by atoms with Crippen LogP contribution in [-0.4, -0.2) is 39.9 Å². The van der Waals surface area contributed by atoms with Crippen LogP contribution in [0.4, 0.5) is 10.1 Å². The van der Waals surface area contributed by atoms with Crippen molar-refractivity contribution in [1.82, 2.24) is 4.90 Å². The van der Waals surface area contributed by atoms with Gasteiger partial charge in [0.1, 0.15) is 11.9 Å². The van der Waals surface area contributed by atoms with Gasteiger partial charge in [0.15, 0.2) is 0 Å². The molecule has 7 heteroatoms. The Balaban J connectivity index is 2.30. The highest BCUT2D eigenvalue weighted by Crippen LogP contribution is 2.31. The van der Waals surface area contributed by atoms with Gasteiger partial charge >= 0.3 is 5.97 Å². The summed E-state index contributed by atoms with van der Waals surface area (Å²) in [5.74, 6) is -2.69. The molecule has 0 aliphatic heterocycles. The van der Waals surface area contributed by atoms with Gasteiger partial charge in [0.05, 0.1) is 5.69 Å². The summed E-state index contributed by atoms with van der Waals surface area (Å²) < 4.78 is 13.6. The molecule has 2 N–H and O–H groups in total. The van der Waals surface area contributed by atoms with E-state index in [4.69, 9.17) is 5.11 Å². The average molecular weight is 308 g/mol. The molecule has 0 bridgehead atoms. The lowest BCUT2D eigenvalue weighted by Crippen LogP contribution is -2.44. The number of carbonyl (C=O) groups is 3. The quantitative estimate of drug-likeness (QED) is 0.869. The molecular formula is C15H17FN2O4. The molecule has 1 aromatic carbocycles. The second-order valence-corrected chi connectivity index (χ2v) is 5.33. The number of nitrogens with zero attached hydrogens (tertiary/aromatic N) is 1. The standard InChI is InChI=1S/C15H17FN2O4/c1-8(15(21)22)18(11-4-5-11)14(20)10-3-6-12(16)13(7-10)17-9(2)19/h3,6-8,11H,4-5H2,1-2H3,(H,17,19)(H,21,22). The SMILES string of the molecule is CC(=O)Nc1cc(C(=O)N(C2CC2)C(C)C(=O)O)ccc1F. The van der Waals surface area contributed by atoms with Gasteiger partial charge in [-0.1, -0.05) is 0 Å². The third kappa shape index (κ3) is 3.41. The fraction of sp³-hybridized carbons (Fsp3) is 0.400. The minimum atomic E-state index is -1.09. The van der Waals surface area contributed by atoms with Crippen LogP contribution in [0.15, 0.2) is 18.2 Å². The number of halogens is 1. The topological polar surface area (TPSA) is 86.7 Å². The van der Waals surface area contributed by atoms with Crippen molar-refractivity contribution in [3.05, 3.63) is 29.6 Å². The summed E-state index contributed by atoms with van der Waals surface area (Å²) in [5.41, 5.74) is 0.0437. The number of aliphatic carboxylic acids is 1. The molecule has 2 rings (SSSR count). The van der Waals surface area contributed by atoms with Crippen LogP contribution < -0.4 is 5.32 Å². The lowest BCUT2D eigenvalue weighted by atomic mass is 10.1. The van der Waals surface area contributed by atoms with E-state index in [0.717, 1.165) is 18.9 Å². The zero-order chi connectivity index (χ0) is 16.4. The fourth-order valence-corrected chi connectivity index (χ4v) is 2.22. The Kier molecular flexibility index (Phi) is 4.44. The van der Waals surface area contributed by atoms with Crippen LogP contribution in [0.3, 0.4) is 0 Å². The second kappa shape index (κ2) is 6.13. The number of nitrogens with one attached hydrogen (secondary N) is 1. The van der Waals surface area contributed by atoms with Crippen LogP contribution in [0.5, 0.6) is 0 Å². The van der Waals surface area contributed by atoms with Crippen LogP contribution in [-0.2, 0) is 9.59 Å². The number of hydrogen-bond acceptors (Lipinski definition) is 3. The second-order valence-electron chi connectivity index (χ2n) is 5.33.